The Morgan fingerprint density at radius 2 is 1.53 bits per heavy atom. The first-order valence-corrected chi connectivity index (χ1v) is 10.1. The Hall–Kier alpha value is -3.60. The molecule has 1 amide bonds. The van der Waals surface area contributed by atoms with Crippen molar-refractivity contribution in [3.8, 4) is 11.5 Å². The van der Waals surface area contributed by atoms with Crippen molar-refractivity contribution in [3.63, 3.8) is 0 Å². The Morgan fingerprint density at radius 1 is 0.933 bits per heavy atom. The van der Waals surface area contributed by atoms with Crippen LogP contribution in [-0.4, -0.2) is 24.5 Å². The molecule has 0 saturated carbocycles. The van der Waals surface area contributed by atoms with Crippen LogP contribution in [0.25, 0.3) is 0 Å². The van der Waals surface area contributed by atoms with Gasteiger partial charge in [-0.1, -0.05) is 54.6 Å². The van der Waals surface area contributed by atoms with Crippen LogP contribution in [0.4, 0.5) is 5.69 Å². The van der Waals surface area contributed by atoms with Crippen LogP contribution in [0.1, 0.15) is 29.5 Å². The van der Waals surface area contributed by atoms with E-state index in [1.807, 2.05) is 79.7 Å². The van der Waals surface area contributed by atoms with Gasteiger partial charge in [0.2, 0.25) is 0 Å². The number of benzene rings is 3. The van der Waals surface area contributed by atoms with Crippen LogP contribution >= 0.6 is 0 Å². The maximum absolute atomic E-state index is 13.1. The molecule has 0 spiro atoms. The predicted octanol–water partition coefficient (Wildman–Crippen LogP) is 4.45. The van der Waals surface area contributed by atoms with Gasteiger partial charge < -0.3 is 14.4 Å². The molecular formula is C25H21NO4. The molecule has 0 aromatic heterocycles. The van der Waals surface area contributed by atoms with Crippen molar-refractivity contribution < 1.29 is 19.1 Å². The van der Waals surface area contributed by atoms with Gasteiger partial charge in [0.15, 0.2) is 6.61 Å². The third kappa shape index (κ3) is 3.03. The summed E-state index contributed by atoms with van der Waals surface area (Å²) < 4.78 is 11.5. The molecule has 3 aromatic rings. The number of hydrogen-bond acceptors (Lipinski definition) is 4. The largest absolute Gasteiger partial charge is 0.457 e. The van der Waals surface area contributed by atoms with E-state index in [0.717, 1.165) is 28.8 Å². The van der Waals surface area contributed by atoms with Crippen molar-refractivity contribution in [2.24, 2.45) is 0 Å². The van der Waals surface area contributed by atoms with Crippen LogP contribution in [0.3, 0.4) is 0 Å². The fourth-order valence-corrected chi connectivity index (χ4v) is 4.40. The fraction of sp³-hybridized carbons (Fsp3) is 0.200. The molecule has 30 heavy (non-hydrogen) atoms. The molecule has 0 aliphatic carbocycles. The molecule has 150 valence electrons. The number of hydrogen-bond donors (Lipinski definition) is 0. The summed E-state index contributed by atoms with van der Waals surface area (Å²) >= 11 is 0. The minimum atomic E-state index is -0.623. The van der Waals surface area contributed by atoms with E-state index >= 15 is 0 Å². The number of ether oxygens (including phenoxy) is 2. The molecule has 0 unspecified atom stereocenters. The van der Waals surface area contributed by atoms with Gasteiger partial charge in [0.25, 0.3) is 5.91 Å². The first-order chi connectivity index (χ1) is 14.6. The number of esters is 1. The van der Waals surface area contributed by atoms with Crippen molar-refractivity contribution in [3.05, 3.63) is 89.5 Å². The van der Waals surface area contributed by atoms with Gasteiger partial charge >= 0.3 is 5.97 Å². The Labute approximate surface area is 174 Å². The normalized spacial score (nSPS) is 16.8. The number of rotatable bonds is 3. The monoisotopic (exact) mass is 399 g/mol. The van der Waals surface area contributed by atoms with Crippen molar-refractivity contribution in [2.75, 3.05) is 11.5 Å². The molecule has 0 bridgehead atoms. The van der Waals surface area contributed by atoms with Gasteiger partial charge in [-0.3, -0.25) is 9.59 Å². The summed E-state index contributed by atoms with van der Waals surface area (Å²) in [5, 5.41) is 0. The van der Waals surface area contributed by atoms with E-state index in [4.69, 9.17) is 9.47 Å². The van der Waals surface area contributed by atoms with Crippen molar-refractivity contribution in [1.29, 1.82) is 0 Å². The summed E-state index contributed by atoms with van der Waals surface area (Å²) in [5.74, 6) is -0.0264. The number of nitrogens with zero attached hydrogens (tertiary/aromatic N) is 1. The minimum Gasteiger partial charge on any atom is -0.457 e. The van der Waals surface area contributed by atoms with Crippen LogP contribution in [0.5, 0.6) is 11.5 Å². The van der Waals surface area contributed by atoms with Gasteiger partial charge in [-0.2, -0.15) is 0 Å². The van der Waals surface area contributed by atoms with Crippen molar-refractivity contribution in [1.82, 2.24) is 0 Å². The van der Waals surface area contributed by atoms with E-state index in [2.05, 4.69) is 0 Å². The van der Waals surface area contributed by atoms with Crippen molar-refractivity contribution in [2.45, 2.75) is 25.3 Å². The van der Waals surface area contributed by atoms with Crippen LogP contribution in [0, 0.1) is 0 Å². The summed E-state index contributed by atoms with van der Waals surface area (Å²) in [6, 6.07) is 22.7. The number of para-hydroxylation sites is 3. The van der Waals surface area contributed by atoms with E-state index in [9.17, 15) is 9.59 Å². The van der Waals surface area contributed by atoms with Crippen LogP contribution in [0.2, 0.25) is 0 Å². The highest BCUT2D eigenvalue weighted by atomic mass is 16.5. The van der Waals surface area contributed by atoms with Gasteiger partial charge in [0.1, 0.15) is 17.4 Å². The number of amides is 1. The number of fused-ring (bicyclic) bond motifs is 3. The van der Waals surface area contributed by atoms with E-state index in [0.29, 0.717) is 11.5 Å². The average molecular weight is 399 g/mol. The summed E-state index contributed by atoms with van der Waals surface area (Å²) in [6.45, 7) is 1.71. The second-order valence-corrected chi connectivity index (χ2v) is 7.66. The molecule has 0 fully saturated rings. The summed E-state index contributed by atoms with van der Waals surface area (Å²) in [5.41, 5.74) is 3.52. The molecule has 5 heteroatoms. The lowest BCUT2D eigenvalue weighted by atomic mass is 9.88. The highest BCUT2D eigenvalue weighted by molar-refractivity contribution is 5.98. The zero-order valence-electron chi connectivity index (χ0n) is 16.6. The van der Waals surface area contributed by atoms with Crippen LogP contribution in [0.15, 0.2) is 72.8 Å². The number of carbonyl (C=O) groups is 2. The summed E-state index contributed by atoms with van der Waals surface area (Å²) in [7, 11) is 0. The molecule has 0 radical (unpaired) electrons. The van der Waals surface area contributed by atoms with E-state index in [1.165, 1.54) is 0 Å². The molecular weight excluding hydrogens is 378 g/mol. The molecule has 2 heterocycles. The molecule has 3 aromatic carbocycles. The molecule has 0 saturated heterocycles. The minimum absolute atomic E-state index is 0.0399. The molecule has 2 aliphatic heterocycles. The van der Waals surface area contributed by atoms with Gasteiger partial charge in [-0.25, -0.2) is 0 Å². The zero-order chi connectivity index (χ0) is 20.7. The maximum atomic E-state index is 13.1. The fourth-order valence-electron chi connectivity index (χ4n) is 4.40. The smallest absolute Gasteiger partial charge is 0.318 e. The lowest BCUT2D eigenvalue weighted by molar-refractivity contribution is -0.148. The number of carbonyl (C=O) groups excluding carboxylic acids is 2. The third-order valence-electron chi connectivity index (χ3n) is 5.73. The SMILES string of the molecule is C[C@@H]1Cc2ccccc2N1C(=O)COC(=O)C1c2ccccc2Oc2ccccc21. The lowest BCUT2D eigenvalue weighted by Crippen LogP contribution is -2.39. The second kappa shape index (κ2) is 7.34. The zero-order valence-corrected chi connectivity index (χ0v) is 16.6. The van der Waals surface area contributed by atoms with Gasteiger partial charge in [0, 0.05) is 22.9 Å². The van der Waals surface area contributed by atoms with E-state index < -0.39 is 11.9 Å². The summed E-state index contributed by atoms with van der Waals surface area (Å²) in [6.07, 6.45) is 0.802. The van der Waals surface area contributed by atoms with Crippen LogP contribution < -0.4 is 9.64 Å². The Balaban J connectivity index is 1.37. The molecule has 5 rings (SSSR count). The van der Waals surface area contributed by atoms with Gasteiger partial charge in [-0.05, 0) is 37.1 Å². The molecule has 2 aliphatic rings. The van der Waals surface area contributed by atoms with E-state index in [1.54, 1.807) is 4.90 Å². The average Bonchev–Trinajstić information content (AvgIpc) is 3.11. The lowest BCUT2D eigenvalue weighted by Gasteiger charge is -2.27. The maximum Gasteiger partial charge on any atom is 0.318 e. The summed E-state index contributed by atoms with van der Waals surface area (Å²) in [4.78, 5) is 27.8. The quantitative estimate of drug-likeness (QED) is 0.611. The Kier molecular flexibility index (Phi) is 4.51. The third-order valence-corrected chi connectivity index (χ3v) is 5.73. The van der Waals surface area contributed by atoms with Crippen LogP contribution in [-0.2, 0) is 20.7 Å². The first-order valence-electron chi connectivity index (χ1n) is 10.1. The van der Waals surface area contributed by atoms with E-state index in [-0.39, 0.29) is 18.6 Å². The van der Waals surface area contributed by atoms with Gasteiger partial charge in [0.05, 0.1) is 0 Å². The predicted molar refractivity (Wildman–Crippen MR) is 113 cm³/mol. The highest BCUT2D eigenvalue weighted by Gasteiger charge is 2.35. The highest BCUT2D eigenvalue weighted by Crippen LogP contribution is 2.44. The Bertz CT molecular complexity index is 1090. The Morgan fingerprint density at radius 3 is 2.23 bits per heavy atom. The molecule has 0 N–H and O–H groups in total. The van der Waals surface area contributed by atoms with Gasteiger partial charge in [-0.15, -0.1) is 0 Å². The first kappa shape index (κ1) is 18.4. The second-order valence-electron chi connectivity index (χ2n) is 7.66. The molecule has 1 atom stereocenters. The number of anilines is 1. The molecule has 5 nitrogen and oxygen atoms in total. The topological polar surface area (TPSA) is 55.8 Å². The standard InChI is InChI=1S/C25H21NO4/c1-16-14-17-8-2-5-11-20(17)26(16)23(27)15-29-25(28)24-18-9-3-6-12-21(18)30-22-13-7-4-10-19(22)24/h2-13,16,24H,14-15H2,1H3/t16-/m1/s1. The van der Waals surface area contributed by atoms with Crippen molar-refractivity contribution >= 4 is 17.6 Å².